The van der Waals surface area contributed by atoms with Crippen LogP contribution in [-0.4, -0.2) is 39.1 Å². The van der Waals surface area contributed by atoms with Gasteiger partial charge in [0.05, 0.1) is 11.8 Å². The number of pyridine rings is 1. The molecule has 94 valence electrons. The quantitative estimate of drug-likeness (QED) is 0.867. The van der Waals surface area contributed by atoms with Gasteiger partial charge in [-0.05, 0) is 31.0 Å². The molecule has 5 heteroatoms. The van der Waals surface area contributed by atoms with Crippen LogP contribution in [0, 0.1) is 0 Å². The van der Waals surface area contributed by atoms with Crippen LogP contribution in [0.15, 0.2) is 36.9 Å². The van der Waals surface area contributed by atoms with Gasteiger partial charge in [-0.2, -0.15) is 5.10 Å². The summed E-state index contributed by atoms with van der Waals surface area (Å²) in [6.07, 6.45) is 7.54. The van der Waals surface area contributed by atoms with Gasteiger partial charge in [0.1, 0.15) is 0 Å². The van der Waals surface area contributed by atoms with Crippen LogP contribution in [0.2, 0.25) is 0 Å². The van der Waals surface area contributed by atoms with E-state index in [2.05, 4.69) is 15.2 Å². The first-order chi connectivity index (χ1) is 8.81. The van der Waals surface area contributed by atoms with Gasteiger partial charge in [-0.3, -0.25) is 14.9 Å². The van der Waals surface area contributed by atoms with Crippen molar-refractivity contribution in [3.05, 3.63) is 48.0 Å². The standard InChI is InChI=1S/C13H16N4O/c1-2-17(13(18)12-9-15-16-10-12)8-5-11-3-6-14-7-4-11/h3-4,6-7,9-10H,2,5,8H2,1H3,(H,15,16). The second-order valence-corrected chi connectivity index (χ2v) is 3.98. The van der Waals surface area contributed by atoms with E-state index in [0.29, 0.717) is 18.7 Å². The highest BCUT2D eigenvalue weighted by Crippen LogP contribution is 2.05. The van der Waals surface area contributed by atoms with Crippen molar-refractivity contribution in [2.45, 2.75) is 13.3 Å². The Bertz CT molecular complexity index is 481. The first-order valence-electron chi connectivity index (χ1n) is 5.98. The summed E-state index contributed by atoms with van der Waals surface area (Å²) in [4.78, 5) is 17.9. The normalized spacial score (nSPS) is 10.3. The summed E-state index contributed by atoms with van der Waals surface area (Å²) in [5.41, 5.74) is 1.79. The highest BCUT2D eigenvalue weighted by Gasteiger charge is 2.14. The van der Waals surface area contributed by atoms with Gasteiger partial charge in [0.2, 0.25) is 0 Å². The van der Waals surface area contributed by atoms with Crippen molar-refractivity contribution in [3.8, 4) is 0 Å². The Morgan fingerprint density at radius 3 is 2.78 bits per heavy atom. The number of hydrogen-bond acceptors (Lipinski definition) is 3. The molecule has 0 bridgehead atoms. The van der Waals surface area contributed by atoms with Gasteiger partial charge >= 0.3 is 0 Å². The monoisotopic (exact) mass is 244 g/mol. The fourth-order valence-corrected chi connectivity index (χ4v) is 1.77. The Morgan fingerprint density at radius 1 is 1.39 bits per heavy atom. The third-order valence-corrected chi connectivity index (χ3v) is 2.83. The van der Waals surface area contributed by atoms with Crippen molar-refractivity contribution in [2.24, 2.45) is 0 Å². The number of nitrogens with zero attached hydrogens (tertiary/aromatic N) is 3. The predicted octanol–water partition coefficient (Wildman–Crippen LogP) is 1.51. The lowest BCUT2D eigenvalue weighted by molar-refractivity contribution is 0.0766. The Morgan fingerprint density at radius 2 is 2.17 bits per heavy atom. The molecule has 0 aliphatic rings. The summed E-state index contributed by atoms with van der Waals surface area (Å²) in [6, 6.07) is 3.94. The highest BCUT2D eigenvalue weighted by molar-refractivity contribution is 5.93. The van der Waals surface area contributed by atoms with E-state index >= 15 is 0 Å². The number of hydrogen-bond donors (Lipinski definition) is 1. The molecule has 5 nitrogen and oxygen atoms in total. The third-order valence-electron chi connectivity index (χ3n) is 2.83. The molecule has 18 heavy (non-hydrogen) atoms. The van der Waals surface area contributed by atoms with Gasteiger partial charge in [-0.1, -0.05) is 0 Å². The van der Waals surface area contributed by atoms with Gasteiger partial charge in [0.25, 0.3) is 5.91 Å². The number of aromatic amines is 1. The van der Waals surface area contributed by atoms with E-state index < -0.39 is 0 Å². The Balaban J connectivity index is 1.96. The molecule has 2 aromatic rings. The van der Waals surface area contributed by atoms with Gasteiger partial charge < -0.3 is 4.90 Å². The Hall–Kier alpha value is -2.17. The van der Waals surface area contributed by atoms with Crippen molar-refractivity contribution in [1.29, 1.82) is 0 Å². The first-order valence-corrected chi connectivity index (χ1v) is 5.98. The predicted molar refractivity (Wildman–Crippen MR) is 68.1 cm³/mol. The van der Waals surface area contributed by atoms with Crippen LogP contribution in [0.3, 0.4) is 0 Å². The second-order valence-electron chi connectivity index (χ2n) is 3.98. The molecular formula is C13H16N4O. The molecule has 1 N–H and O–H groups in total. The minimum Gasteiger partial charge on any atom is -0.338 e. The molecule has 0 atom stereocenters. The molecule has 2 heterocycles. The van der Waals surface area contributed by atoms with Crippen LogP contribution in [0.5, 0.6) is 0 Å². The lowest BCUT2D eigenvalue weighted by Crippen LogP contribution is -2.32. The van der Waals surface area contributed by atoms with Crippen LogP contribution in [0.4, 0.5) is 0 Å². The fraction of sp³-hybridized carbons (Fsp3) is 0.308. The zero-order valence-corrected chi connectivity index (χ0v) is 10.3. The highest BCUT2D eigenvalue weighted by atomic mass is 16.2. The number of carbonyl (C=O) groups is 1. The van der Waals surface area contributed by atoms with Crippen LogP contribution >= 0.6 is 0 Å². The summed E-state index contributed by atoms with van der Waals surface area (Å²) in [5, 5.41) is 6.46. The molecule has 1 amide bonds. The molecule has 2 rings (SSSR count). The summed E-state index contributed by atoms with van der Waals surface area (Å²) in [5.74, 6) is 0.0142. The molecular weight excluding hydrogens is 228 g/mol. The summed E-state index contributed by atoms with van der Waals surface area (Å²) in [7, 11) is 0. The van der Waals surface area contributed by atoms with E-state index in [9.17, 15) is 4.79 Å². The number of carbonyl (C=O) groups excluding carboxylic acids is 1. The largest absolute Gasteiger partial charge is 0.338 e. The molecule has 0 saturated carbocycles. The molecule has 0 aliphatic heterocycles. The molecule has 0 spiro atoms. The maximum absolute atomic E-state index is 12.1. The van der Waals surface area contributed by atoms with Crippen LogP contribution in [0.1, 0.15) is 22.8 Å². The lowest BCUT2D eigenvalue weighted by atomic mass is 10.2. The summed E-state index contributed by atoms with van der Waals surface area (Å²) >= 11 is 0. The lowest BCUT2D eigenvalue weighted by Gasteiger charge is -2.20. The van der Waals surface area contributed by atoms with Gasteiger partial charge in [0, 0.05) is 31.7 Å². The average Bonchev–Trinajstić information content (AvgIpc) is 2.94. The smallest absolute Gasteiger partial charge is 0.257 e. The first kappa shape index (κ1) is 12.3. The van der Waals surface area contributed by atoms with Gasteiger partial charge in [0.15, 0.2) is 0 Å². The van der Waals surface area contributed by atoms with Crippen LogP contribution < -0.4 is 0 Å². The van der Waals surface area contributed by atoms with E-state index in [4.69, 9.17) is 0 Å². The van der Waals surface area contributed by atoms with Gasteiger partial charge in [-0.15, -0.1) is 0 Å². The molecule has 0 unspecified atom stereocenters. The Kier molecular flexibility index (Phi) is 4.06. The SMILES string of the molecule is CCN(CCc1ccncc1)C(=O)c1cn[nH]c1. The number of amides is 1. The number of nitrogens with one attached hydrogen (secondary N) is 1. The second kappa shape index (κ2) is 5.95. The zero-order valence-electron chi connectivity index (χ0n) is 10.3. The molecule has 0 saturated heterocycles. The minimum absolute atomic E-state index is 0.0142. The number of likely N-dealkylation sites (N-methyl/N-ethyl adjacent to an activating group) is 1. The minimum atomic E-state index is 0.0142. The average molecular weight is 244 g/mol. The van der Waals surface area contributed by atoms with Crippen molar-refractivity contribution >= 4 is 5.91 Å². The molecule has 0 aromatic carbocycles. The van der Waals surface area contributed by atoms with Crippen molar-refractivity contribution in [1.82, 2.24) is 20.1 Å². The maximum atomic E-state index is 12.1. The van der Waals surface area contributed by atoms with Crippen molar-refractivity contribution < 1.29 is 4.79 Å². The fourth-order valence-electron chi connectivity index (χ4n) is 1.77. The van der Waals surface area contributed by atoms with Crippen LogP contribution in [-0.2, 0) is 6.42 Å². The molecule has 0 radical (unpaired) electrons. The van der Waals surface area contributed by atoms with E-state index in [1.807, 2.05) is 24.0 Å². The topological polar surface area (TPSA) is 61.9 Å². The number of H-pyrrole nitrogens is 1. The Labute approximate surface area is 106 Å². The van der Waals surface area contributed by atoms with E-state index in [1.165, 1.54) is 5.56 Å². The summed E-state index contributed by atoms with van der Waals surface area (Å²) in [6.45, 7) is 3.37. The van der Waals surface area contributed by atoms with E-state index in [-0.39, 0.29) is 5.91 Å². The van der Waals surface area contributed by atoms with Crippen molar-refractivity contribution in [3.63, 3.8) is 0 Å². The summed E-state index contributed by atoms with van der Waals surface area (Å²) < 4.78 is 0. The maximum Gasteiger partial charge on any atom is 0.257 e. The van der Waals surface area contributed by atoms with Crippen molar-refractivity contribution in [2.75, 3.05) is 13.1 Å². The number of aromatic nitrogens is 3. The molecule has 0 aliphatic carbocycles. The van der Waals surface area contributed by atoms with E-state index in [1.54, 1.807) is 24.8 Å². The molecule has 2 aromatic heterocycles. The zero-order chi connectivity index (χ0) is 12.8. The molecule has 0 fully saturated rings. The van der Waals surface area contributed by atoms with Crippen LogP contribution in [0.25, 0.3) is 0 Å². The van der Waals surface area contributed by atoms with Gasteiger partial charge in [-0.25, -0.2) is 0 Å². The number of rotatable bonds is 5. The third kappa shape index (κ3) is 2.94. The van der Waals surface area contributed by atoms with E-state index in [0.717, 1.165) is 6.42 Å².